The van der Waals surface area contributed by atoms with Crippen molar-refractivity contribution in [2.24, 2.45) is 5.11 Å². The molecule has 0 aromatic heterocycles. The van der Waals surface area contributed by atoms with Crippen molar-refractivity contribution in [1.29, 1.82) is 0 Å². The highest BCUT2D eigenvalue weighted by Gasteiger charge is 2.47. The molecule has 1 aliphatic rings. The van der Waals surface area contributed by atoms with Crippen LogP contribution in [0.5, 0.6) is 0 Å². The predicted octanol–water partition coefficient (Wildman–Crippen LogP) is -0.00570. The molecule has 0 radical (unpaired) electrons. The summed E-state index contributed by atoms with van der Waals surface area (Å²) in [5.74, 6) is -1.62. The molecule has 1 heterocycles. The normalized spacial score (nSPS) is 28.4. The Morgan fingerprint density at radius 1 is 1.27 bits per heavy atom. The molecule has 0 aromatic carbocycles. The minimum Gasteiger partial charge on any atom is -0.458 e. The van der Waals surface area contributed by atoms with Crippen LogP contribution in [-0.4, -0.2) is 52.9 Å². The number of azide groups is 1. The van der Waals surface area contributed by atoms with Crippen LogP contribution in [0, 0.1) is 0 Å². The molecular formula is C9H14N3O9P. The van der Waals surface area contributed by atoms with Crippen molar-refractivity contribution in [3.8, 4) is 0 Å². The summed E-state index contributed by atoms with van der Waals surface area (Å²) in [5.41, 5.74) is 8.49. The van der Waals surface area contributed by atoms with Gasteiger partial charge in [-0.1, -0.05) is 5.11 Å². The van der Waals surface area contributed by atoms with Crippen LogP contribution in [0.4, 0.5) is 0 Å². The molecule has 12 nitrogen and oxygen atoms in total. The number of phosphoric ester groups is 1. The van der Waals surface area contributed by atoms with Crippen molar-refractivity contribution in [2.75, 3.05) is 6.61 Å². The van der Waals surface area contributed by atoms with Crippen LogP contribution in [-0.2, 0) is 32.9 Å². The first-order valence-corrected chi connectivity index (χ1v) is 7.41. The first-order valence-electron chi connectivity index (χ1n) is 5.88. The van der Waals surface area contributed by atoms with Crippen LogP contribution in [0.15, 0.2) is 5.11 Å². The molecule has 1 fully saturated rings. The fourth-order valence-electron chi connectivity index (χ4n) is 1.80. The maximum Gasteiger partial charge on any atom is 0.472 e. The van der Waals surface area contributed by atoms with Gasteiger partial charge in [0.05, 0.1) is 6.61 Å². The lowest BCUT2D eigenvalue weighted by Gasteiger charge is -2.38. The topological polar surface area (TPSA) is 177 Å². The average Bonchev–Trinajstić information content (AvgIpc) is 2.34. The Kier molecular flexibility index (Phi) is 6.30. The lowest BCUT2D eigenvalue weighted by molar-refractivity contribution is -0.237. The van der Waals surface area contributed by atoms with Crippen molar-refractivity contribution in [3.05, 3.63) is 10.4 Å². The van der Waals surface area contributed by atoms with Gasteiger partial charge in [-0.3, -0.25) is 14.1 Å². The van der Waals surface area contributed by atoms with E-state index >= 15 is 0 Å². The second-order valence-electron chi connectivity index (χ2n) is 4.22. The highest BCUT2D eigenvalue weighted by atomic mass is 31.2. The van der Waals surface area contributed by atoms with Gasteiger partial charge in [0.1, 0.15) is 6.04 Å². The molecule has 1 aliphatic heterocycles. The number of ether oxygens (including phenoxy) is 3. The van der Waals surface area contributed by atoms with Crippen molar-refractivity contribution >= 4 is 19.8 Å². The second-order valence-corrected chi connectivity index (χ2v) is 5.41. The van der Waals surface area contributed by atoms with Gasteiger partial charge in [-0.15, -0.1) is 0 Å². The number of carbonyl (C=O) groups is 2. The molecule has 13 heteroatoms. The molecule has 0 unspecified atom stereocenters. The molecule has 1 saturated heterocycles. The molecule has 2 N–H and O–H groups in total. The summed E-state index contributed by atoms with van der Waals surface area (Å²) in [6.07, 6.45) is -4.53. The zero-order valence-electron chi connectivity index (χ0n) is 11.6. The molecule has 0 aromatic rings. The van der Waals surface area contributed by atoms with Crippen molar-refractivity contribution in [3.63, 3.8) is 0 Å². The van der Waals surface area contributed by atoms with Gasteiger partial charge < -0.3 is 24.0 Å². The number of nitrogens with zero attached hydrogens (tertiary/aromatic N) is 3. The summed E-state index contributed by atoms with van der Waals surface area (Å²) in [5, 5.41) is 3.34. The number of carbonyl (C=O) groups excluding carboxylic acids is 2. The van der Waals surface area contributed by atoms with Gasteiger partial charge >= 0.3 is 19.8 Å². The Hall–Kier alpha value is -1.68. The molecule has 4 atom stereocenters. The van der Waals surface area contributed by atoms with E-state index in [4.69, 9.17) is 29.5 Å². The number of hydrogen-bond acceptors (Lipinski definition) is 8. The monoisotopic (exact) mass is 339 g/mol. The molecule has 1 rings (SSSR count). The SMILES string of the molecule is CC(=O)O[C@@H]1[C@@H](OC(C)=O)[C@@H](OP(=O)(O)O)OC[C@@H]1N=[N+]=[N-]. The number of phosphoric acid groups is 1. The Balaban J connectivity index is 3.10. The predicted molar refractivity (Wildman–Crippen MR) is 66.9 cm³/mol. The van der Waals surface area contributed by atoms with Crippen LogP contribution in [0.1, 0.15) is 13.8 Å². The maximum absolute atomic E-state index is 11.2. The van der Waals surface area contributed by atoms with Gasteiger partial charge in [0, 0.05) is 18.8 Å². The Morgan fingerprint density at radius 3 is 2.27 bits per heavy atom. The molecule has 0 amide bonds. The zero-order valence-corrected chi connectivity index (χ0v) is 12.5. The maximum atomic E-state index is 11.2. The third-order valence-corrected chi connectivity index (χ3v) is 2.93. The summed E-state index contributed by atoms with van der Waals surface area (Å²) in [6, 6.07) is -1.06. The summed E-state index contributed by atoms with van der Waals surface area (Å²) in [7, 11) is -4.97. The molecule has 0 saturated carbocycles. The average molecular weight is 339 g/mol. The lowest BCUT2D eigenvalue weighted by atomic mass is 10.0. The Morgan fingerprint density at radius 2 is 1.82 bits per heavy atom. The van der Waals surface area contributed by atoms with E-state index in [-0.39, 0.29) is 6.61 Å². The van der Waals surface area contributed by atoms with E-state index in [1.807, 2.05) is 0 Å². The third-order valence-electron chi connectivity index (χ3n) is 2.45. The van der Waals surface area contributed by atoms with Crippen LogP contribution < -0.4 is 0 Å². The van der Waals surface area contributed by atoms with Gasteiger partial charge in [0.2, 0.25) is 6.29 Å². The Labute approximate surface area is 124 Å². The second kappa shape index (κ2) is 7.54. The van der Waals surface area contributed by atoms with Gasteiger partial charge in [-0.05, 0) is 5.53 Å². The van der Waals surface area contributed by atoms with Crippen molar-refractivity contribution < 1.29 is 42.7 Å². The third kappa shape index (κ3) is 5.60. The van der Waals surface area contributed by atoms with E-state index in [2.05, 4.69) is 14.5 Å². The molecule has 124 valence electrons. The minimum atomic E-state index is -4.97. The molecule has 22 heavy (non-hydrogen) atoms. The summed E-state index contributed by atoms with van der Waals surface area (Å²) in [6.45, 7) is 1.73. The van der Waals surface area contributed by atoms with E-state index in [0.29, 0.717) is 0 Å². The van der Waals surface area contributed by atoms with Crippen LogP contribution in [0.3, 0.4) is 0 Å². The standard InChI is InChI=1S/C9H14N3O9P/c1-4(13)19-7-6(11-12-10)3-18-9(21-22(15,16)17)8(7)20-5(2)14/h6-9H,3H2,1-2H3,(H2,15,16,17)/t6-,7-,8+,9+/m0/s1. The van der Waals surface area contributed by atoms with Crippen molar-refractivity contribution in [2.45, 2.75) is 38.4 Å². The quantitative estimate of drug-likeness (QED) is 0.229. The largest absolute Gasteiger partial charge is 0.472 e. The number of esters is 2. The van der Waals surface area contributed by atoms with E-state index in [1.54, 1.807) is 0 Å². The van der Waals surface area contributed by atoms with E-state index < -0.39 is 44.3 Å². The molecule has 0 bridgehead atoms. The highest BCUT2D eigenvalue weighted by molar-refractivity contribution is 7.46. The lowest BCUT2D eigenvalue weighted by Crippen LogP contribution is -2.56. The molecule has 0 aliphatic carbocycles. The van der Waals surface area contributed by atoms with Crippen LogP contribution in [0.2, 0.25) is 0 Å². The Bertz CT molecular complexity index is 528. The van der Waals surface area contributed by atoms with E-state index in [1.165, 1.54) is 0 Å². The fourth-order valence-corrected chi connectivity index (χ4v) is 2.25. The molecule has 0 spiro atoms. The van der Waals surface area contributed by atoms with Gasteiger partial charge in [-0.25, -0.2) is 4.57 Å². The minimum absolute atomic E-state index is 0.357. The van der Waals surface area contributed by atoms with Gasteiger partial charge in [-0.2, -0.15) is 0 Å². The fraction of sp³-hybridized carbons (Fsp3) is 0.778. The van der Waals surface area contributed by atoms with E-state index in [0.717, 1.165) is 13.8 Å². The first kappa shape index (κ1) is 18.4. The van der Waals surface area contributed by atoms with Gasteiger partial charge in [0.15, 0.2) is 12.2 Å². The smallest absolute Gasteiger partial charge is 0.458 e. The number of hydrogen-bond donors (Lipinski definition) is 2. The highest BCUT2D eigenvalue weighted by Crippen LogP contribution is 2.41. The summed E-state index contributed by atoms with van der Waals surface area (Å²) >= 11 is 0. The van der Waals surface area contributed by atoms with Crippen LogP contribution >= 0.6 is 7.82 Å². The summed E-state index contributed by atoms with van der Waals surface area (Å²) < 4.78 is 30.1. The summed E-state index contributed by atoms with van der Waals surface area (Å²) in [4.78, 5) is 42.5. The molecular weight excluding hydrogens is 325 g/mol. The zero-order chi connectivity index (χ0) is 16.9. The number of rotatable bonds is 5. The van der Waals surface area contributed by atoms with Crippen LogP contribution in [0.25, 0.3) is 10.4 Å². The first-order chi connectivity index (χ1) is 10.1. The van der Waals surface area contributed by atoms with Gasteiger partial charge in [0.25, 0.3) is 0 Å². The van der Waals surface area contributed by atoms with Crippen molar-refractivity contribution in [1.82, 2.24) is 0 Å². The van der Waals surface area contributed by atoms with E-state index in [9.17, 15) is 14.2 Å².